The third-order valence-electron chi connectivity index (χ3n) is 4.15. The maximum Gasteiger partial charge on any atom is 0.295 e. The lowest BCUT2D eigenvalue weighted by molar-refractivity contribution is -0.00541. The van der Waals surface area contributed by atoms with Crippen molar-refractivity contribution in [2.75, 3.05) is 10.6 Å². The fraction of sp³-hybridized carbons (Fsp3) is 0.111. The van der Waals surface area contributed by atoms with Crippen LogP contribution in [0.15, 0.2) is 71.3 Å². The van der Waals surface area contributed by atoms with Crippen LogP contribution < -0.4 is 20.1 Å². The number of ether oxygens (including phenoxy) is 2. The molecule has 2 aliphatic rings. The summed E-state index contributed by atoms with van der Waals surface area (Å²) in [5, 5.41) is 6.79. The molecule has 0 bridgehead atoms. The Kier molecular flexibility index (Phi) is 2.42. The number of benzene rings is 2. The van der Waals surface area contributed by atoms with E-state index in [0.717, 1.165) is 22.9 Å². The van der Waals surface area contributed by atoms with Crippen LogP contribution >= 0.6 is 0 Å². The SMILES string of the molecule is c1coc(C2(C3Nc4ccccc4O3)Nc3ccccc3O2)c1. The molecule has 3 aromatic rings. The van der Waals surface area contributed by atoms with Gasteiger partial charge < -0.3 is 24.5 Å². The molecular formula is C18H14N2O3. The number of anilines is 2. The molecular weight excluding hydrogens is 292 g/mol. The van der Waals surface area contributed by atoms with Crippen LogP contribution in [0.2, 0.25) is 0 Å². The predicted octanol–water partition coefficient (Wildman–Crippen LogP) is 3.77. The molecule has 0 saturated carbocycles. The van der Waals surface area contributed by atoms with E-state index in [0.29, 0.717) is 5.76 Å². The second kappa shape index (κ2) is 4.46. The molecule has 5 nitrogen and oxygen atoms in total. The Labute approximate surface area is 132 Å². The molecule has 5 rings (SSSR count). The zero-order valence-electron chi connectivity index (χ0n) is 12.2. The second-order valence-electron chi connectivity index (χ2n) is 5.57. The van der Waals surface area contributed by atoms with Crippen LogP contribution in [0.5, 0.6) is 11.5 Å². The molecule has 2 unspecified atom stereocenters. The fourth-order valence-electron chi connectivity index (χ4n) is 3.08. The zero-order chi connectivity index (χ0) is 15.3. The summed E-state index contributed by atoms with van der Waals surface area (Å²) in [5.41, 5.74) is 0.877. The van der Waals surface area contributed by atoms with Gasteiger partial charge in [0.1, 0.15) is 11.5 Å². The fourth-order valence-corrected chi connectivity index (χ4v) is 3.08. The van der Waals surface area contributed by atoms with Crippen LogP contribution in [-0.4, -0.2) is 6.23 Å². The number of rotatable bonds is 2. The Bertz CT molecular complexity index is 810. The van der Waals surface area contributed by atoms with Gasteiger partial charge in [-0.2, -0.15) is 0 Å². The average molecular weight is 306 g/mol. The Hall–Kier alpha value is -3.08. The topological polar surface area (TPSA) is 55.7 Å². The maximum absolute atomic E-state index is 6.26. The van der Waals surface area contributed by atoms with E-state index in [-0.39, 0.29) is 0 Å². The number of nitrogens with one attached hydrogen (secondary N) is 2. The van der Waals surface area contributed by atoms with Gasteiger partial charge in [-0.05, 0) is 36.4 Å². The van der Waals surface area contributed by atoms with Gasteiger partial charge in [-0.3, -0.25) is 0 Å². The highest BCUT2D eigenvalue weighted by molar-refractivity contribution is 5.65. The van der Waals surface area contributed by atoms with Crippen LogP contribution in [0.3, 0.4) is 0 Å². The molecule has 5 heteroatoms. The first-order chi connectivity index (χ1) is 11.4. The second-order valence-corrected chi connectivity index (χ2v) is 5.57. The van der Waals surface area contributed by atoms with E-state index in [9.17, 15) is 0 Å². The van der Waals surface area contributed by atoms with Crippen molar-refractivity contribution in [3.63, 3.8) is 0 Å². The molecule has 2 aromatic carbocycles. The molecule has 3 heterocycles. The molecule has 114 valence electrons. The van der Waals surface area contributed by atoms with E-state index in [1.54, 1.807) is 6.26 Å². The molecule has 0 saturated heterocycles. The highest BCUT2D eigenvalue weighted by Crippen LogP contribution is 2.47. The van der Waals surface area contributed by atoms with Crippen LogP contribution in [0.1, 0.15) is 5.76 Å². The quantitative estimate of drug-likeness (QED) is 0.755. The number of hydrogen-bond acceptors (Lipinski definition) is 5. The van der Waals surface area contributed by atoms with Crippen molar-refractivity contribution >= 4 is 11.4 Å². The molecule has 2 aliphatic heterocycles. The normalized spacial score (nSPS) is 23.9. The minimum absolute atomic E-state index is 0.460. The summed E-state index contributed by atoms with van der Waals surface area (Å²) in [6.45, 7) is 0. The lowest BCUT2D eigenvalue weighted by Crippen LogP contribution is -2.53. The molecule has 0 radical (unpaired) electrons. The molecule has 0 fully saturated rings. The van der Waals surface area contributed by atoms with Gasteiger partial charge in [0.2, 0.25) is 6.23 Å². The van der Waals surface area contributed by atoms with Crippen molar-refractivity contribution < 1.29 is 13.9 Å². The first-order valence-electron chi connectivity index (χ1n) is 7.48. The van der Waals surface area contributed by atoms with Gasteiger partial charge in [-0.15, -0.1) is 0 Å². The Balaban J connectivity index is 1.59. The average Bonchev–Trinajstić information content (AvgIpc) is 3.31. The molecule has 1 aromatic heterocycles. The van der Waals surface area contributed by atoms with E-state index in [1.807, 2.05) is 60.7 Å². The van der Waals surface area contributed by atoms with Crippen LogP contribution in [0, 0.1) is 0 Å². The monoisotopic (exact) mass is 306 g/mol. The van der Waals surface area contributed by atoms with Crippen molar-refractivity contribution in [3.05, 3.63) is 72.7 Å². The van der Waals surface area contributed by atoms with E-state index in [4.69, 9.17) is 13.9 Å². The number of furan rings is 1. The highest BCUT2D eigenvalue weighted by atomic mass is 16.6. The Morgan fingerprint density at radius 3 is 2.35 bits per heavy atom. The maximum atomic E-state index is 6.26. The van der Waals surface area contributed by atoms with Gasteiger partial charge in [-0.1, -0.05) is 24.3 Å². The molecule has 0 aliphatic carbocycles. The third kappa shape index (κ3) is 1.73. The van der Waals surface area contributed by atoms with Crippen LogP contribution in [-0.2, 0) is 5.72 Å². The molecule has 2 N–H and O–H groups in total. The molecule has 0 amide bonds. The van der Waals surface area contributed by atoms with Crippen LogP contribution in [0.25, 0.3) is 0 Å². The lowest BCUT2D eigenvalue weighted by atomic mass is 10.1. The summed E-state index contributed by atoms with van der Waals surface area (Å²) >= 11 is 0. The first-order valence-corrected chi connectivity index (χ1v) is 7.48. The van der Waals surface area contributed by atoms with Gasteiger partial charge >= 0.3 is 0 Å². The van der Waals surface area contributed by atoms with Crippen molar-refractivity contribution in [1.82, 2.24) is 0 Å². The van der Waals surface area contributed by atoms with Gasteiger partial charge in [0.15, 0.2) is 5.76 Å². The number of hydrogen-bond donors (Lipinski definition) is 2. The van der Waals surface area contributed by atoms with Gasteiger partial charge in [-0.25, -0.2) is 0 Å². The summed E-state index contributed by atoms with van der Waals surface area (Å²) in [5.74, 6) is 2.22. The van der Waals surface area contributed by atoms with Crippen molar-refractivity contribution in [3.8, 4) is 11.5 Å². The Morgan fingerprint density at radius 2 is 1.61 bits per heavy atom. The largest absolute Gasteiger partial charge is 0.463 e. The van der Waals surface area contributed by atoms with Crippen LogP contribution in [0.4, 0.5) is 11.4 Å². The van der Waals surface area contributed by atoms with Gasteiger partial charge in [0.25, 0.3) is 5.72 Å². The summed E-state index contributed by atoms with van der Waals surface area (Å²) in [7, 11) is 0. The summed E-state index contributed by atoms with van der Waals surface area (Å²) in [6.07, 6.45) is 1.17. The van der Waals surface area contributed by atoms with E-state index in [2.05, 4.69) is 10.6 Å². The Morgan fingerprint density at radius 1 is 0.826 bits per heavy atom. The summed E-state index contributed by atoms with van der Waals surface area (Å²) < 4.78 is 18.0. The lowest BCUT2D eigenvalue weighted by Gasteiger charge is -2.32. The summed E-state index contributed by atoms with van der Waals surface area (Å²) in [4.78, 5) is 0. The highest BCUT2D eigenvalue weighted by Gasteiger charge is 2.54. The third-order valence-corrected chi connectivity index (χ3v) is 4.15. The predicted molar refractivity (Wildman–Crippen MR) is 85.6 cm³/mol. The standard InChI is InChI=1S/C18H14N2O3/c1-3-8-14-12(6-1)19-17(22-14)18(16-10-5-11-21-16)20-13-7-2-4-9-15(13)23-18/h1-11,17,19-20H. The number of fused-ring (bicyclic) bond motifs is 2. The summed E-state index contributed by atoms with van der Waals surface area (Å²) in [6, 6.07) is 19.3. The van der Waals surface area contributed by atoms with E-state index >= 15 is 0 Å². The zero-order valence-corrected chi connectivity index (χ0v) is 12.2. The molecule has 23 heavy (non-hydrogen) atoms. The smallest absolute Gasteiger partial charge is 0.295 e. The minimum atomic E-state index is -0.966. The van der Waals surface area contributed by atoms with Crippen molar-refractivity contribution in [2.45, 2.75) is 12.0 Å². The number of para-hydroxylation sites is 4. The van der Waals surface area contributed by atoms with Crippen molar-refractivity contribution in [1.29, 1.82) is 0 Å². The minimum Gasteiger partial charge on any atom is -0.463 e. The molecule has 0 spiro atoms. The van der Waals surface area contributed by atoms with Crippen molar-refractivity contribution in [2.24, 2.45) is 0 Å². The van der Waals surface area contributed by atoms with Gasteiger partial charge in [0, 0.05) is 0 Å². The van der Waals surface area contributed by atoms with Gasteiger partial charge in [0.05, 0.1) is 17.6 Å². The first kappa shape index (κ1) is 12.5. The van der Waals surface area contributed by atoms with E-state index < -0.39 is 12.0 Å². The van der Waals surface area contributed by atoms with E-state index in [1.165, 1.54) is 0 Å². The molecule has 2 atom stereocenters.